The van der Waals surface area contributed by atoms with Crippen LogP contribution in [0.25, 0.3) is 0 Å². The molecule has 2 atom stereocenters. The highest BCUT2D eigenvalue weighted by atomic mass is 16.6. The van der Waals surface area contributed by atoms with Crippen molar-refractivity contribution in [2.75, 3.05) is 13.7 Å². The molecule has 27 heavy (non-hydrogen) atoms. The van der Waals surface area contributed by atoms with E-state index in [9.17, 15) is 9.59 Å². The Labute approximate surface area is 166 Å². The molecule has 1 aliphatic rings. The lowest BCUT2D eigenvalue weighted by Crippen LogP contribution is -2.16. The van der Waals surface area contributed by atoms with E-state index >= 15 is 0 Å². The quantitative estimate of drug-likeness (QED) is 0.191. The van der Waals surface area contributed by atoms with Crippen molar-refractivity contribution in [3.05, 3.63) is 0 Å². The standard InChI is InChI=1S/C22H41NO4/c1-4-6-7-8-10-13-16-19-20(23(19)22(25)27-5-2)17-14-11-9-12-15-18-21(24)26-3/h19-20H,4-18H2,1-3H3/t19-,20+,23?/m1/s1. The largest absolute Gasteiger partial charge is 0.469 e. The maximum absolute atomic E-state index is 12.1. The summed E-state index contributed by atoms with van der Waals surface area (Å²) in [4.78, 5) is 25.2. The molecule has 1 saturated heterocycles. The van der Waals surface area contributed by atoms with Crippen LogP contribution in [-0.4, -0.2) is 42.8 Å². The van der Waals surface area contributed by atoms with Crippen molar-refractivity contribution in [3.63, 3.8) is 0 Å². The fourth-order valence-corrected chi connectivity index (χ4v) is 3.86. The van der Waals surface area contributed by atoms with E-state index < -0.39 is 0 Å². The zero-order chi connectivity index (χ0) is 19.9. The van der Waals surface area contributed by atoms with Crippen molar-refractivity contribution in [2.24, 2.45) is 0 Å². The smallest absolute Gasteiger partial charge is 0.410 e. The van der Waals surface area contributed by atoms with E-state index in [1.54, 1.807) is 0 Å². The Kier molecular flexibility index (Phi) is 13.0. The van der Waals surface area contributed by atoms with Gasteiger partial charge < -0.3 is 9.47 Å². The Morgan fingerprint density at radius 2 is 1.30 bits per heavy atom. The maximum atomic E-state index is 12.1. The first kappa shape index (κ1) is 23.8. The molecule has 0 aromatic heterocycles. The van der Waals surface area contributed by atoms with E-state index in [0.29, 0.717) is 25.1 Å². The van der Waals surface area contributed by atoms with Gasteiger partial charge in [0.25, 0.3) is 0 Å². The van der Waals surface area contributed by atoms with Gasteiger partial charge in [-0.3, -0.25) is 9.69 Å². The molecule has 0 aromatic carbocycles. The Hall–Kier alpha value is -1.26. The van der Waals surface area contributed by atoms with Gasteiger partial charge in [0.1, 0.15) is 0 Å². The number of nitrogens with zero attached hydrogens (tertiary/aromatic N) is 1. The molecule has 0 aromatic rings. The lowest BCUT2D eigenvalue weighted by atomic mass is 10.0. The van der Waals surface area contributed by atoms with Crippen molar-refractivity contribution in [1.82, 2.24) is 4.90 Å². The molecule has 158 valence electrons. The number of ether oxygens (including phenoxy) is 2. The van der Waals surface area contributed by atoms with Crippen LogP contribution in [-0.2, 0) is 14.3 Å². The van der Waals surface area contributed by atoms with Crippen molar-refractivity contribution in [3.8, 4) is 0 Å². The second-order valence-corrected chi connectivity index (χ2v) is 7.68. The summed E-state index contributed by atoms with van der Waals surface area (Å²) in [7, 11) is 1.44. The van der Waals surface area contributed by atoms with Gasteiger partial charge in [0, 0.05) is 6.42 Å². The SMILES string of the molecule is CCCCCCCC[C@@H]1[C@H](CCCCCCCC(=O)OC)N1C(=O)OCC. The topological polar surface area (TPSA) is 55.6 Å². The average Bonchev–Trinajstić information content (AvgIpc) is 3.36. The highest BCUT2D eigenvalue weighted by Crippen LogP contribution is 2.37. The normalized spacial score (nSPS) is 18.4. The molecule has 0 aliphatic carbocycles. The average molecular weight is 384 g/mol. The lowest BCUT2D eigenvalue weighted by Gasteiger charge is -2.05. The third kappa shape index (κ3) is 10.0. The molecule has 1 rings (SSSR count). The van der Waals surface area contributed by atoms with Crippen LogP contribution >= 0.6 is 0 Å². The summed E-state index contributed by atoms with van der Waals surface area (Å²) < 4.78 is 9.88. The first-order valence-electron chi connectivity index (χ1n) is 11.2. The molecule has 0 radical (unpaired) electrons. The molecule has 5 nitrogen and oxygen atoms in total. The molecular formula is C22H41NO4. The van der Waals surface area contributed by atoms with Gasteiger partial charge >= 0.3 is 12.1 Å². The summed E-state index contributed by atoms with van der Waals surface area (Å²) in [5.41, 5.74) is 0. The van der Waals surface area contributed by atoms with Gasteiger partial charge in [-0.2, -0.15) is 0 Å². The molecule has 0 spiro atoms. The number of rotatable bonds is 16. The number of methoxy groups -OCH3 is 1. The van der Waals surface area contributed by atoms with Crippen LogP contribution in [0.5, 0.6) is 0 Å². The van der Waals surface area contributed by atoms with Crippen LogP contribution < -0.4 is 0 Å². The number of hydrogen-bond donors (Lipinski definition) is 0. The molecule has 0 unspecified atom stereocenters. The van der Waals surface area contributed by atoms with Crippen LogP contribution in [0.4, 0.5) is 4.79 Å². The predicted octanol–water partition coefficient (Wildman–Crippen LogP) is 5.85. The van der Waals surface area contributed by atoms with Crippen LogP contribution in [0.1, 0.15) is 104 Å². The van der Waals surface area contributed by atoms with Crippen LogP contribution in [0, 0.1) is 0 Å². The zero-order valence-electron chi connectivity index (χ0n) is 17.8. The van der Waals surface area contributed by atoms with Gasteiger partial charge in [-0.25, -0.2) is 4.79 Å². The number of amides is 1. The third-order valence-electron chi connectivity index (χ3n) is 5.51. The number of hydrogen-bond acceptors (Lipinski definition) is 4. The Balaban J connectivity index is 2.17. The second kappa shape index (κ2) is 14.8. The first-order chi connectivity index (χ1) is 13.2. The second-order valence-electron chi connectivity index (χ2n) is 7.68. The van der Waals surface area contributed by atoms with E-state index in [-0.39, 0.29) is 12.1 Å². The van der Waals surface area contributed by atoms with Gasteiger partial charge in [0.15, 0.2) is 0 Å². The fourth-order valence-electron chi connectivity index (χ4n) is 3.86. The van der Waals surface area contributed by atoms with Gasteiger partial charge in [-0.05, 0) is 26.2 Å². The summed E-state index contributed by atoms with van der Waals surface area (Å²) in [6.07, 6.45) is 15.8. The van der Waals surface area contributed by atoms with Crippen LogP contribution in [0.2, 0.25) is 0 Å². The van der Waals surface area contributed by atoms with E-state index in [2.05, 4.69) is 11.7 Å². The van der Waals surface area contributed by atoms with Crippen molar-refractivity contribution in [1.29, 1.82) is 0 Å². The van der Waals surface area contributed by atoms with Crippen molar-refractivity contribution < 1.29 is 19.1 Å². The highest BCUT2D eigenvalue weighted by molar-refractivity contribution is 5.72. The van der Waals surface area contributed by atoms with Gasteiger partial charge in [0.2, 0.25) is 0 Å². The highest BCUT2D eigenvalue weighted by Gasteiger charge is 2.50. The van der Waals surface area contributed by atoms with E-state index in [4.69, 9.17) is 4.74 Å². The molecule has 1 heterocycles. The Morgan fingerprint density at radius 3 is 1.81 bits per heavy atom. The minimum absolute atomic E-state index is 0.115. The summed E-state index contributed by atoms with van der Waals surface area (Å²) in [6.45, 7) is 4.56. The predicted molar refractivity (Wildman–Crippen MR) is 109 cm³/mol. The van der Waals surface area contributed by atoms with Gasteiger partial charge in [-0.15, -0.1) is 0 Å². The fraction of sp³-hybridized carbons (Fsp3) is 0.909. The molecule has 5 heteroatoms. The molecule has 0 N–H and O–H groups in total. The molecular weight excluding hydrogens is 342 g/mol. The summed E-state index contributed by atoms with van der Waals surface area (Å²) in [5, 5.41) is 0. The van der Waals surface area contributed by atoms with Gasteiger partial charge in [-0.1, -0.05) is 71.1 Å². The van der Waals surface area contributed by atoms with E-state index in [0.717, 1.165) is 44.9 Å². The minimum atomic E-state index is -0.128. The first-order valence-corrected chi connectivity index (χ1v) is 11.2. The monoisotopic (exact) mass is 383 g/mol. The number of carbonyl (C=O) groups is 2. The summed E-state index contributed by atoms with van der Waals surface area (Å²) in [6, 6.07) is 0.782. The van der Waals surface area contributed by atoms with Gasteiger partial charge in [0.05, 0.1) is 25.8 Å². The summed E-state index contributed by atoms with van der Waals surface area (Å²) >= 11 is 0. The lowest BCUT2D eigenvalue weighted by molar-refractivity contribution is -0.140. The molecule has 1 amide bonds. The number of carbonyl (C=O) groups excluding carboxylic acids is 2. The Bertz CT molecular complexity index is 413. The van der Waals surface area contributed by atoms with Crippen molar-refractivity contribution in [2.45, 2.75) is 116 Å². The third-order valence-corrected chi connectivity index (χ3v) is 5.51. The summed E-state index contributed by atoms with van der Waals surface area (Å²) in [5.74, 6) is -0.115. The molecule has 0 saturated carbocycles. The number of esters is 1. The molecule has 1 aliphatic heterocycles. The zero-order valence-corrected chi connectivity index (χ0v) is 17.8. The van der Waals surface area contributed by atoms with Crippen molar-refractivity contribution >= 4 is 12.1 Å². The molecule has 1 fully saturated rings. The molecule has 0 bridgehead atoms. The minimum Gasteiger partial charge on any atom is -0.469 e. The van der Waals surface area contributed by atoms with E-state index in [1.807, 2.05) is 11.8 Å². The van der Waals surface area contributed by atoms with E-state index in [1.165, 1.54) is 45.6 Å². The van der Waals surface area contributed by atoms with Crippen LogP contribution in [0.3, 0.4) is 0 Å². The number of unbranched alkanes of at least 4 members (excludes halogenated alkanes) is 9. The van der Waals surface area contributed by atoms with Crippen LogP contribution in [0.15, 0.2) is 0 Å². The Morgan fingerprint density at radius 1 is 0.778 bits per heavy atom. The maximum Gasteiger partial charge on any atom is 0.410 e.